The van der Waals surface area contributed by atoms with Crippen LogP contribution >= 0.6 is 0 Å². The second kappa shape index (κ2) is 9.83. The maximum atomic E-state index is 10.7. The molecule has 4 heteroatoms. The Morgan fingerprint density at radius 3 is 2.57 bits per heavy atom. The number of hydrogen-bond donors (Lipinski definition) is 1. The van der Waals surface area contributed by atoms with E-state index in [1.165, 1.54) is 12.8 Å². The molecule has 0 aromatic rings. The molecule has 0 radical (unpaired) electrons. The van der Waals surface area contributed by atoms with Crippen LogP contribution in [0.2, 0.25) is 19.6 Å². The molecule has 1 fully saturated rings. The number of aliphatic hydroxyl groups excluding tert-OH is 1. The van der Waals surface area contributed by atoms with E-state index in [2.05, 4.69) is 38.0 Å². The molecule has 1 aliphatic heterocycles. The molecule has 0 bridgehead atoms. The zero-order valence-electron chi connectivity index (χ0n) is 15.8. The molecule has 134 valence electrons. The van der Waals surface area contributed by atoms with Crippen LogP contribution in [0.5, 0.6) is 0 Å². The van der Waals surface area contributed by atoms with Crippen LogP contribution in [0.15, 0.2) is 0 Å². The van der Waals surface area contributed by atoms with E-state index >= 15 is 0 Å². The minimum atomic E-state index is -1.52. The van der Waals surface area contributed by atoms with Crippen LogP contribution in [-0.4, -0.2) is 37.8 Å². The van der Waals surface area contributed by atoms with Crippen LogP contribution in [0, 0.1) is 11.5 Å². The fourth-order valence-corrected chi connectivity index (χ4v) is 3.24. The molecule has 1 rings (SSSR count). The highest BCUT2D eigenvalue weighted by Crippen LogP contribution is 2.26. The molecule has 3 nitrogen and oxygen atoms in total. The Bertz CT molecular complexity index is 388. The largest absolute Gasteiger partial charge is 0.389 e. The zero-order chi connectivity index (χ0) is 17.3. The Morgan fingerprint density at radius 2 is 2.00 bits per heavy atom. The summed E-state index contributed by atoms with van der Waals surface area (Å²) < 4.78 is 11.9. The highest BCUT2D eigenvalue weighted by molar-refractivity contribution is 6.83. The normalized spacial score (nSPS) is 22.8. The molecule has 0 saturated carbocycles. The van der Waals surface area contributed by atoms with Gasteiger partial charge in [0.2, 0.25) is 0 Å². The minimum Gasteiger partial charge on any atom is -0.389 e. The van der Waals surface area contributed by atoms with Crippen molar-refractivity contribution in [3.05, 3.63) is 0 Å². The molecule has 1 aliphatic rings. The van der Waals surface area contributed by atoms with Gasteiger partial charge in [-0.3, -0.25) is 0 Å². The Morgan fingerprint density at radius 1 is 1.26 bits per heavy atom. The smallest absolute Gasteiger partial charge is 0.159 e. The molecule has 1 N–H and O–H groups in total. The molecule has 1 heterocycles. The molecular weight excluding hydrogens is 304 g/mol. The maximum Gasteiger partial charge on any atom is 0.159 e. The zero-order valence-corrected chi connectivity index (χ0v) is 16.8. The maximum absolute atomic E-state index is 10.7. The van der Waals surface area contributed by atoms with Gasteiger partial charge in [0.1, 0.15) is 8.07 Å². The molecule has 0 aromatic heterocycles. The molecule has 0 spiro atoms. The molecule has 3 atom stereocenters. The van der Waals surface area contributed by atoms with E-state index in [1.807, 2.05) is 6.92 Å². The summed E-state index contributed by atoms with van der Waals surface area (Å²) in [6, 6.07) is 0. The topological polar surface area (TPSA) is 38.7 Å². The second-order valence-corrected chi connectivity index (χ2v) is 12.6. The monoisotopic (exact) mass is 340 g/mol. The van der Waals surface area contributed by atoms with E-state index < -0.39 is 19.8 Å². The van der Waals surface area contributed by atoms with Crippen LogP contribution in [0.3, 0.4) is 0 Å². The first-order valence-electron chi connectivity index (χ1n) is 9.28. The first kappa shape index (κ1) is 20.7. The van der Waals surface area contributed by atoms with Crippen molar-refractivity contribution in [3.63, 3.8) is 0 Å². The lowest BCUT2D eigenvalue weighted by atomic mass is 9.94. The Hall–Kier alpha value is -0.343. The van der Waals surface area contributed by atoms with E-state index in [0.717, 1.165) is 45.1 Å². The van der Waals surface area contributed by atoms with Crippen molar-refractivity contribution in [2.75, 3.05) is 6.61 Å². The van der Waals surface area contributed by atoms with Gasteiger partial charge in [-0.2, -0.15) is 0 Å². The Balaban J connectivity index is 2.74. The SMILES string of the molecule is CCCCCCC(O)C(C)(C#C[Si](C)(C)C)OC1CCCCO1. The van der Waals surface area contributed by atoms with Crippen LogP contribution in [-0.2, 0) is 9.47 Å². The fourth-order valence-electron chi connectivity index (χ4n) is 2.62. The van der Waals surface area contributed by atoms with Gasteiger partial charge in [-0.1, -0.05) is 58.2 Å². The number of rotatable bonds is 8. The van der Waals surface area contributed by atoms with Gasteiger partial charge in [0.05, 0.1) is 6.10 Å². The highest BCUT2D eigenvalue weighted by atomic mass is 28.3. The van der Waals surface area contributed by atoms with Crippen LogP contribution < -0.4 is 0 Å². The van der Waals surface area contributed by atoms with Gasteiger partial charge < -0.3 is 14.6 Å². The van der Waals surface area contributed by atoms with E-state index in [-0.39, 0.29) is 6.29 Å². The van der Waals surface area contributed by atoms with E-state index in [0.29, 0.717) is 0 Å². The van der Waals surface area contributed by atoms with E-state index in [9.17, 15) is 5.11 Å². The Labute approximate surface area is 144 Å². The fraction of sp³-hybridized carbons (Fsp3) is 0.895. The summed E-state index contributed by atoms with van der Waals surface area (Å²) in [5, 5.41) is 10.7. The van der Waals surface area contributed by atoms with Crippen molar-refractivity contribution in [2.24, 2.45) is 0 Å². The van der Waals surface area contributed by atoms with Crippen LogP contribution in [0.1, 0.15) is 65.2 Å². The summed E-state index contributed by atoms with van der Waals surface area (Å²) in [5.41, 5.74) is 2.56. The number of ether oxygens (including phenoxy) is 2. The average molecular weight is 341 g/mol. The molecular formula is C19H36O3Si. The van der Waals surface area contributed by atoms with Crippen molar-refractivity contribution in [1.82, 2.24) is 0 Å². The quantitative estimate of drug-likeness (QED) is 0.402. The van der Waals surface area contributed by atoms with Gasteiger partial charge in [-0.15, -0.1) is 5.54 Å². The van der Waals surface area contributed by atoms with Gasteiger partial charge in [0.25, 0.3) is 0 Å². The summed E-state index contributed by atoms with van der Waals surface area (Å²) in [4.78, 5) is 0. The van der Waals surface area contributed by atoms with Gasteiger partial charge in [0, 0.05) is 6.61 Å². The summed E-state index contributed by atoms with van der Waals surface area (Å²) in [7, 11) is -1.52. The average Bonchev–Trinajstić information content (AvgIpc) is 2.50. The van der Waals surface area contributed by atoms with Crippen molar-refractivity contribution >= 4 is 8.07 Å². The summed E-state index contributed by atoms with van der Waals surface area (Å²) in [5.74, 6) is 3.28. The third-order valence-electron chi connectivity index (χ3n) is 4.17. The first-order chi connectivity index (χ1) is 10.8. The molecule has 1 saturated heterocycles. The lowest BCUT2D eigenvalue weighted by molar-refractivity contribution is -0.226. The molecule has 0 aliphatic carbocycles. The predicted octanol–water partition coefficient (Wildman–Crippen LogP) is 4.50. The summed E-state index contributed by atoms with van der Waals surface area (Å²) in [6.45, 7) is 11.5. The van der Waals surface area contributed by atoms with Gasteiger partial charge in [0.15, 0.2) is 11.9 Å². The number of unbranched alkanes of at least 4 members (excludes halogenated alkanes) is 3. The minimum absolute atomic E-state index is 0.227. The Kier molecular flexibility index (Phi) is 8.85. The van der Waals surface area contributed by atoms with Crippen molar-refractivity contribution in [1.29, 1.82) is 0 Å². The summed E-state index contributed by atoms with van der Waals surface area (Å²) >= 11 is 0. The van der Waals surface area contributed by atoms with Gasteiger partial charge in [-0.25, -0.2) is 0 Å². The van der Waals surface area contributed by atoms with E-state index in [1.54, 1.807) is 0 Å². The number of hydrogen-bond acceptors (Lipinski definition) is 3. The van der Waals surface area contributed by atoms with Crippen LogP contribution in [0.4, 0.5) is 0 Å². The highest BCUT2D eigenvalue weighted by Gasteiger charge is 2.36. The van der Waals surface area contributed by atoms with Crippen molar-refractivity contribution in [3.8, 4) is 11.5 Å². The molecule has 0 aromatic carbocycles. The summed E-state index contributed by atoms with van der Waals surface area (Å²) in [6.07, 6.45) is 7.66. The molecule has 23 heavy (non-hydrogen) atoms. The first-order valence-corrected chi connectivity index (χ1v) is 12.8. The third-order valence-corrected chi connectivity index (χ3v) is 5.04. The molecule has 0 amide bonds. The second-order valence-electron chi connectivity index (χ2n) is 7.89. The van der Waals surface area contributed by atoms with Gasteiger partial charge >= 0.3 is 0 Å². The standard InChI is InChI=1S/C19H36O3Si/c1-6-7-8-9-12-17(20)19(2,14-16-23(3,4)5)22-18-13-10-11-15-21-18/h17-18,20H,6-13,15H2,1-5H3. The van der Waals surface area contributed by atoms with E-state index in [4.69, 9.17) is 9.47 Å². The third kappa shape index (κ3) is 8.35. The van der Waals surface area contributed by atoms with Crippen LogP contribution in [0.25, 0.3) is 0 Å². The lowest BCUT2D eigenvalue weighted by Gasteiger charge is -2.35. The van der Waals surface area contributed by atoms with Gasteiger partial charge in [-0.05, 0) is 32.6 Å². The number of aliphatic hydroxyl groups is 1. The van der Waals surface area contributed by atoms with Crippen molar-refractivity contribution in [2.45, 2.75) is 103 Å². The molecule has 3 unspecified atom stereocenters. The predicted molar refractivity (Wildman–Crippen MR) is 99.0 cm³/mol. The van der Waals surface area contributed by atoms with Crippen molar-refractivity contribution < 1.29 is 14.6 Å². The lowest BCUT2D eigenvalue weighted by Crippen LogP contribution is -2.45.